The van der Waals surface area contributed by atoms with Crippen LogP contribution in [-0.2, 0) is 4.79 Å². The van der Waals surface area contributed by atoms with Gasteiger partial charge in [-0.1, -0.05) is 43.3 Å². The van der Waals surface area contributed by atoms with Crippen molar-refractivity contribution in [2.24, 2.45) is 10.7 Å². The number of benzene rings is 1. The second-order valence-corrected chi connectivity index (χ2v) is 4.92. The Morgan fingerprint density at radius 1 is 1.41 bits per heavy atom. The molecule has 0 aliphatic rings. The van der Waals surface area contributed by atoms with E-state index < -0.39 is 0 Å². The van der Waals surface area contributed by atoms with Gasteiger partial charge < -0.3 is 16.2 Å². The Morgan fingerprint density at radius 2 is 2.00 bits per heavy atom. The third-order valence-electron chi connectivity index (χ3n) is 3.17. The first-order chi connectivity index (χ1) is 10.5. The number of carboxylic acid groups (broad SMARTS) is 1. The lowest BCUT2D eigenvalue weighted by Crippen LogP contribution is -2.30. The Labute approximate surface area is 133 Å². The molecular weight excluding hydrogens is 278 g/mol. The van der Waals surface area contributed by atoms with E-state index in [1.54, 1.807) is 0 Å². The Bertz CT molecular complexity index is 470. The molecule has 0 saturated carbocycles. The van der Waals surface area contributed by atoms with Crippen molar-refractivity contribution in [3.8, 4) is 0 Å². The van der Waals surface area contributed by atoms with Crippen LogP contribution in [0.25, 0.3) is 0 Å². The molecule has 0 spiro atoms. The number of nitrogens with two attached hydrogens (primary N) is 1. The summed E-state index contributed by atoms with van der Waals surface area (Å²) >= 11 is 0. The molecule has 0 aliphatic carbocycles. The van der Waals surface area contributed by atoms with Gasteiger partial charge in [0.15, 0.2) is 0 Å². The number of carbonyl (C=O) groups is 1. The first-order valence-corrected chi connectivity index (χ1v) is 7.34. The zero-order chi connectivity index (χ0) is 16.8. The van der Waals surface area contributed by atoms with Crippen molar-refractivity contribution in [2.45, 2.75) is 33.1 Å². The molecular formula is C17H27N3O2. The molecule has 1 unspecified atom stereocenters. The Kier molecular flexibility index (Phi) is 11.4. The summed E-state index contributed by atoms with van der Waals surface area (Å²) in [6.45, 7) is 7.50. The first kappa shape index (κ1) is 19.9. The van der Waals surface area contributed by atoms with Crippen molar-refractivity contribution in [3.05, 3.63) is 47.7 Å². The normalized spacial score (nSPS) is 13.0. The average molecular weight is 305 g/mol. The van der Waals surface area contributed by atoms with Gasteiger partial charge in [0.2, 0.25) is 0 Å². The van der Waals surface area contributed by atoms with Crippen LogP contribution < -0.4 is 11.1 Å². The maximum atomic E-state index is 8.36. The van der Waals surface area contributed by atoms with Gasteiger partial charge in [-0.25, -0.2) is 4.99 Å². The molecule has 1 aromatic carbocycles. The van der Waals surface area contributed by atoms with Gasteiger partial charge >= 0.3 is 0 Å². The molecule has 0 heterocycles. The number of allylic oxidation sites excluding steroid dienone is 2. The third-order valence-corrected chi connectivity index (χ3v) is 3.17. The smallest absolute Gasteiger partial charge is 0.290 e. The quantitative estimate of drug-likeness (QED) is 0.313. The van der Waals surface area contributed by atoms with Crippen molar-refractivity contribution in [1.29, 1.82) is 0 Å². The molecule has 5 nitrogen and oxygen atoms in total. The topological polar surface area (TPSA) is 87.7 Å². The second kappa shape index (κ2) is 12.6. The van der Waals surface area contributed by atoms with Crippen LogP contribution >= 0.6 is 0 Å². The molecule has 22 heavy (non-hydrogen) atoms. The maximum absolute atomic E-state index is 8.36. The van der Waals surface area contributed by atoms with Crippen molar-refractivity contribution >= 4 is 12.3 Å². The SMILES string of the molecule is C/C=C(\C)N=C(N)CNCCC(C)c1ccccc1.O=CO. The predicted molar refractivity (Wildman–Crippen MR) is 92.1 cm³/mol. The van der Waals surface area contributed by atoms with E-state index in [-0.39, 0.29) is 6.47 Å². The van der Waals surface area contributed by atoms with Gasteiger partial charge in [-0.05, 0) is 38.3 Å². The highest BCUT2D eigenvalue weighted by atomic mass is 16.3. The summed E-state index contributed by atoms with van der Waals surface area (Å²) in [5.41, 5.74) is 8.17. The highest BCUT2D eigenvalue weighted by Crippen LogP contribution is 2.17. The van der Waals surface area contributed by atoms with Crippen LogP contribution in [-0.4, -0.2) is 30.5 Å². The van der Waals surface area contributed by atoms with Gasteiger partial charge in [0, 0.05) is 5.70 Å². The van der Waals surface area contributed by atoms with Crippen molar-refractivity contribution in [1.82, 2.24) is 5.32 Å². The predicted octanol–water partition coefficient (Wildman–Crippen LogP) is 2.75. The molecule has 0 aliphatic heterocycles. The highest BCUT2D eigenvalue weighted by molar-refractivity contribution is 5.83. The van der Waals surface area contributed by atoms with Crippen LogP contribution in [0.3, 0.4) is 0 Å². The lowest BCUT2D eigenvalue weighted by molar-refractivity contribution is -0.122. The second-order valence-electron chi connectivity index (χ2n) is 4.92. The molecule has 0 fully saturated rings. The van der Waals surface area contributed by atoms with Gasteiger partial charge in [-0.3, -0.25) is 4.79 Å². The van der Waals surface area contributed by atoms with E-state index in [0.29, 0.717) is 18.3 Å². The van der Waals surface area contributed by atoms with E-state index in [9.17, 15) is 0 Å². The first-order valence-electron chi connectivity index (χ1n) is 7.34. The number of hydrogen-bond donors (Lipinski definition) is 3. The van der Waals surface area contributed by atoms with E-state index >= 15 is 0 Å². The number of amidine groups is 1. The fourth-order valence-corrected chi connectivity index (χ4v) is 1.81. The molecule has 4 N–H and O–H groups in total. The Morgan fingerprint density at radius 3 is 2.55 bits per heavy atom. The standard InChI is InChI=1S/C16H25N3.CH2O2/c1-4-14(3)19-16(17)12-18-11-10-13(2)15-8-6-5-7-9-15;2-1-3/h4-9,13,18H,10-12H2,1-3H3,(H2,17,19);1H,(H,2,3)/b14-4+;. The summed E-state index contributed by atoms with van der Waals surface area (Å²) in [6.07, 6.45) is 3.05. The fourth-order valence-electron chi connectivity index (χ4n) is 1.81. The van der Waals surface area contributed by atoms with Crippen LogP contribution in [0.1, 0.15) is 38.7 Å². The Balaban J connectivity index is 0.00000135. The van der Waals surface area contributed by atoms with Crippen LogP contribution in [0.2, 0.25) is 0 Å². The molecule has 0 saturated heterocycles. The summed E-state index contributed by atoms with van der Waals surface area (Å²) in [5, 5.41) is 10.2. The molecule has 1 rings (SSSR count). The minimum atomic E-state index is -0.250. The lowest BCUT2D eigenvalue weighted by atomic mass is 9.98. The van der Waals surface area contributed by atoms with Crippen molar-refractivity contribution < 1.29 is 9.90 Å². The van der Waals surface area contributed by atoms with E-state index in [0.717, 1.165) is 18.7 Å². The van der Waals surface area contributed by atoms with Gasteiger partial charge in [-0.2, -0.15) is 0 Å². The van der Waals surface area contributed by atoms with Crippen LogP contribution in [0, 0.1) is 0 Å². The summed E-state index contributed by atoms with van der Waals surface area (Å²) in [5.74, 6) is 1.20. The van der Waals surface area contributed by atoms with Crippen molar-refractivity contribution in [2.75, 3.05) is 13.1 Å². The van der Waals surface area contributed by atoms with Gasteiger partial charge in [-0.15, -0.1) is 0 Å². The van der Waals surface area contributed by atoms with E-state index in [1.165, 1.54) is 5.56 Å². The lowest BCUT2D eigenvalue weighted by Gasteiger charge is -2.12. The monoisotopic (exact) mass is 305 g/mol. The zero-order valence-corrected chi connectivity index (χ0v) is 13.6. The summed E-state index contributed by atoms with van der Waals surface area (Å²) in [4.78, 5) is 12.6. The van der Waals surface area contributed by atoms with Gasteiger partial charge in [0.1, 0.15) is 5.84 Å². The van der Waals surface area contributed by atoms with Crippen molar-refractivity contribution in [3.63, 3.8) is 0 Å². The largest absolute Gasteiger partial charge is 0.483 e. The Hall–Kier alpha value is -2.14. The number of hydrogen-bond acceptors (Lipinski definition) is 3. The van der Waals surface area contributed by atoms with E-state index in [1.807, 2.05) is 19.9 Å². The summed E-state index contributed by atoms with van der Waals surface area (Å²) in [7, 11) is 0. The molecule has 1 aromatic rings. The number of aliphatic imine (C=N–C) groups is 1. The summed E-state index contributed by atoms with van der Waals surface area (Å²) < 4.78 is 0. The minimum Gasteiger partial charge on any atom is -0.483 e. The third kappa shape index (κ3) is 9.72. The molecule has 0 aromatic heterocycles. The minimum absolute atomic E-state index is 0.250. The maximum Gasteiger partial charge on any atom is 0.290 e. The van der Waals surface area contributed by atoms with Gasteiger partial charge in [0.05, 0.1) is 6.54 Å². The van der Waals surface area contributed by atoms with E-state index in [4.69, 9.17) is 15.6 Å². The molecule has 1 atom stereocenters. The number of rotatable bonds is 7. The zero-order valence-electron chi connectivity index (χ0n) is 13.6. The molecule has 5 heteroatoms. The molecule has 0 amide bonds. The molecule has 0 bridgehead atoms. The summed E-state index contributed by atoms with van der Waals surface area (Å²) in [6, 6.07) is 10.6. The van der Waals surface area contributed by atoms with Crippen LogP contribution in [0.15, 0.2) is 47.1 Å². The average Bonchev–Trinajstić information content (AvgIpc) is 2.52. The van der Waals surface area contributed by atoms with Crippen LogP contribution in [0.5, 0.6) is 0 Å². The highest BCUT2D eigenvalue weighted by Gasteiger charge is 2.04. The van der Waals surface area contributed by atoms with Gasteiger partial charge in [0.25, 0.3) is 6.47 Å². The number of nitrogens with zero attached hydrogens (tertiary/aromatic N) is 1. The van der Waals surface area contributed by atoms with E-state index in [2.05, 4.69) is 47.6 Å². The number of nitrogens with one attached hydrogen (secondary N) is 1. The molecule has 0 radical (unpaired) electrons. The molecule has 122 valence electrons. The fraction of sp³-hybridized carbons (Fsp3) is 0.412. The van der Waals surface area contributed by atoms with Crippen LogP contribution in [0.4, 0.5) is 0 Å².